The van der Waals surface area contributed by atoms with E-state index in [4.69, 9.17) is 0 Å². The first-order valence-corrected chi connectivity index (χ1v) is 4.02. The Bertz CT molecular complexity index is 316. The van der Waals surface area contributed by atoms with E-state index in [-0.39, 0.29) is 11.7 Å². The van der Waals surface area contributed by atoms with E-state index in [1.165, 1.54) is 13.1 Å². The molecule has 0 saturated heterocycles. The van der Waals surface area contributed by atoms with Crippen LogP contribution in [0.3, 0.4) is 0 Å². The average molecular weight is 195 g/mol. The number of aliphatic imine (C=N–C) groups is 2. The third kappa shape index (κ3) is 4.97. The molecule has 0 heterocycles. The van der Waals surface area contributed by atoms with E-state index < -0.39 is 6.03 Å². The summed E-state index contributed by atoms with van der Waals surface area (Å²) in [5.74, 6) is -0.159. The number of amidine groups is 1. The van der Waals surface area contributed by atoms with Gasteiger partial charge in [-0.05, 0) is 20.8 Å². The highest BCUT2D eigenvalue weighted by Gasteiger charge is 2.03. The van der Waals surface area contributed by atoms with Crippen molar-refractivity contribution in [1.29, 1.82) is 0 Å². The lowest BCUT2D eigenvalue weighted by Gasteiger charge is -2.01. The number of hydrogen-bond donors (Lipinski definition) is 1. The van der Waals surface area contributed by atoms with Crippen LogP contribution in [0, 0.1) is 0 Å². The van der Waals surface area contributed by atoms with Crippen molar-refractivity contribution in [3.63, 3.8) is 0 Å². The van der Waals surface area contributed by atoms with E-state index >= 15 is 0 Å². The van der Waals surface area contributed by atoms with Crippen molar-refractivity contribution in [2.45, 2.75) is 20.8 Å². The maximum absolute atomic E-state index is 11.1. The maximum atomic E-state index is 11.1. The van der Waals surface area contributed by atoms with Gasteiger partial charge in [0.05, 0.1) is 0 Å². The van der Waals surface area contributed by atoms with E-state index in [9.17, 15) is 9.59 Å². The van der Waals surface area contributed by atoms with Crippen LogP contribution in [0.1, 0.15) is 20.8 Å². The van der Waals surface area contributed by atoms with Gasteiger partial charge in [0.25, 0.3) is 5.91 Å². The predicted molar refractivity (Wildman–Crippen MR) is 55.6 cm³/mol. The van der Waals surface area contributed by atoms with Crippen LogP contribution in [0.5, 0.6) is 0 Å². The fourth-order valence-corrected chi connectivity index (χ4v) is 0.582. The number of rotatable bonds is 1. The van der Waals surface area contributed by atoms with Crippen LogP contribution in [-0.4, -0.2) is 24.0 Å². The lowest BCUT2D eigenvalue weighted by molar-refractivity contribution is -0.116. The molecule has 0 aliphatic carbocycles. The monoisotopic (exact) mass is 195 g/mol. The highest BCUT2D eigenvalue weighted by Crippen LogP contribution is 1.87. The molecule has 0 unspecified atom stereocenters. The smallest absolute Gasteiger partial charge is 0.310 e. The van der Waals surface area contributed by atoms with Crippen LogP contribution in [0.15, 0.2) is 22.1 Å². The van der Waals surface area contributed by atoms with Crippen molar-refractivity contribution in [3.8, 4) is 0 Å². The third-order valence-corrected chi connectivity index (χ3v) is 1.18. The molecule has 0 aliphatic heterocycles. The third-order valence-electron chi connectivity index (χ3n) is 1.18. The Labute approximate surface area is 82.6 Å². The highest BCUT2D eigenvalue weighted by atomic mass is 16.2. The Kier molecular flexibility index (Phi) is 5.06. The molecule has 0 fully saturated rings. The van der Waals surface area contributed by atoms with E-state index in [2.05, 4.69) is 21.9 Å². The summed E-state index contributed by atoms with van der Waals surface area (Å²) >= 11 is 0. The molecule has 76 valence electrons. The zero-order valence-electron chi connectivity index (χ0n) is 8.50. The minimum absolute atomic E-state index is 0.202. The Morgan fingerprint density at radius 3 is 2.36 bits per heavy atom. The molecule has 1 N–H and O–H groups in total. The van der Waals surface area contributed by atoms with Crippen molar-refractivity contribution >= 4 is 24.0 Å². The van der Waals surface area contributed by atoms with Gasteiger partial charge in [-0.3, -0.25) is 4.79 Å². The summed E-state index contributed by atoms with van der Waals surface area (Å²) in [6.45, 7) is 8.12. The summed E-state index contributed by atoms with van der Waals surface area (Å²) in [6, 6.07) is -0.646. The Hall–Kier alpha value is -1.78. The average Bonchev–Trinajstić information content (AvgIpc) is 2.03. The standard InChI is InChI=1S/C9H13N3O2/c1-5-10-9(14)12-7(4)11-8(13)6(2)3/h5H,2H2,1,3-4H3,(H,11,12,13,14). The Morgan fingerprint density at radius 2 is 1.93 bits per heavy atom. The summed E-state index contributed by atoms with van der Waals surface area (Å²) in [4.78, 5) is 28.8. The van der Waals surface area contributed by atoms with E-state index in [1.54, 1.807) is 13.8 Å². The topological polar surface area (TPSA) is 70.9 Å². The summed E-state index contributed by atoms with van der Waals surface area (Å²) < 4.78 is 0. The van der Waals surface area contributed by atoms with Gasteiger partial charge in [-0.1, -0.05) is 6.58 Å². The number of hydrogen-bond acceptors (Lipinski definition) is 2. The minimum atomic E-state index is -0.646. The van der Waals surface area contributed by atoms with Gasteiger partial charge in [0, 0.05) is 11.8 Å². The van der Waals surface area contributed by atoms with Crippen molar-refractivity contribution in [3.05, 3.63) is 12.2 Å². The van der Waals surface area contributed by atoms with Gasteiger partial charge >= 0.3 is 6.03 Å². The fourth-order valence-electron chi connectivity index (χ4n) is 0.582. The first-order valence-electron chi connectivity index (χ1n) is 4.02. The van der Waals surface area contributed by atoms with Crippen molar-refractivity contribution in [2.75, 3.05) is 0 Å². The van der Waals surface area contributed by atoms with Gasteiger partial charge in [-0.15, -0.1) is 0 Å². The van der Waals surface area contributed by atoms with E-state index in [0.717, 1.165) is 0 Å². The lowest BCUT2D eigenvalue weighted by Crippen LogP contribution is -2.29. The number of carbonyl (C=O) groups is 2. The van der Waals surface area contributed by atoms with Gasteiger partial charge in [0.2, 0.25) is 0 Å². The number of amides is 3. The van der Waals surface area contributed by atoms with Gasteiger partial charge in [-0.25, -0.2) is 9.79 Å². The SMILES string of the molecule is C=C(C)C(=O)NC(C)=NC(=O)N=CC. The molecular weight excluding hydrogens is 182 g/mol. The van der Waals surface area contributed by atoms with Gasteiger partial charge in [0.15, 0.2) is 0 Å². The number of nitrogens with one attached hydrogen (secondary N) is 1. The molecule has 0 saturated carbocycles. The molecular formula is C9H13N3O2. The minimum Gasteiger partial charge on any atom is -0.310 e. The first kappa shape index (κ1) is 12.2. The largest absolute Gasteiger partial charge is 0.368 e. The molecule has 0 aromatic heterocycles. The van der Waals surface area contributed by atoms with Crippen LogP contribution in [0.2, 0.25) is 0 Å². The van der Waals surface area contributed by atoms with Gasteiger partial charge < -0.3 is 5.32 Å². The quantitative estimate of drug-likeness (QED) is 0.389. The molecule has 14 heavy (non-hydrogen) atoms. The van der Waals surface area contributed by atoms with Crippen molar-refractivity contribution in [2.24, 2.45) is 9.98 Å². The number of nitrogens with zero attached hydrogens (tertiary/aromatic N) is 2. The summed E-state index contributed by atoms with van der Waals surface area (Å²) in [6.07, 6.45) is 1.33. The summed E-state index contributed by atoms with van der Waals surface area (Å²) in [7, 11) is 0. The van der Waals surface area contributed by atoms with E-state index in [1.807, 2.05) is 0 Å². The molecule has 0 bridgehead atoms. The Balaban J connectivity index is 4.34. The normalized spacial score (nSPS) is 11.5. The molecule has 0 atom stereocenters. The molecule has 0 aromatic carbocycles. The molecule has 0 aromatic rings. The second-order valence-electron chi connectivity index (χ2n) is 2.60. The van der Waals surface area contributed by atoms with E-state index in [0.29, 0.717) is 5.57 Å². The van der Waals surface area contributed by atoms with Crippen LogP contribution in [0.25, 0.3) is 0 Å². The summed E-state index contributed by atoms with van der Waals surface area (Å²) in [5.41, 5.74) is 0.353. The molecule has 0 rings (SSSR count). The van der Waals surface area contributed by atoms with Crippen molar-refractivity contribution in [1.82, 2.24) is 5.32 Å². The predicted octanol–water partition coefficient (Wildman–Crippen LogP) is 1.31. The first-order chi connectivity index (χ1) is 6.47. The molecule has 0 spiro atoms. The highest BCUT2D eigenvalue weighted by molar-refractivity contribution is 6.07. The maximum Gasteiger partial charge on any atom is 0.368 e. The molecule has 0 radical (unpaired) electrons. The fraction of sp³-hybridized carbons (Fsp3) is 0.333. The van der Waals surface area contributed by atoms with Crippen molar-refractivity contribution < 1.29 is 9.59 Å². The van der Waals surface area contributed by atoms with Crippen LogP contribution < -0.4 is 5.32 Å². The number of carbonyl (C=O) groups excluding carboxylic acids is 2. The van der Waals surface area contributed by atoms with Crippen LogP contribution >= 0.6 is 0 Å². The molecule has 5 heteroatoms. The molecule has 3 amide bonds. The van der Waals surface area contributed by atoms with Crippen LogP contribution in [0.4, 0.5) is 4.79 Å². The second kappa shape index (κ2) is 5.80. The number of urea groups is 1. The zero-order valence-corrected chi connectivity index (χ0v) is 8.50. The summed E-state index contributed by atoms with van der Waals surface area (Å²) in [5, 5.41) is 2.39. The van der Waals surface area contributed by atoms with Crippen LogP contribution in [-0.2, 0) is 4.79 Å². The second-order valence-corrected chi connectivity index (χ2v) is 2.60. The zero-order chi connectivity index (χ0) is 11.1. The molecule has 0 aliphatic rings. The van der Waals surface area contributed by atoms with Gasteiger partial charge in [-0.2, -0.15) is 4.99 Å². The van der Waals surface area contributed by atoms with Gasteiger partial charge in [0.1, 0.15) is 5.84 Å². The Morgan fingerprint density at radius 1 is 1.36 bits per heavy atom. The molecule has 5 nitrogen and oxygen atoms in total. The lowest BCUT2D eigenvalue weighted by atomic mass is 10.3.